The molecule has 0 bridgehead atoms. The van der Waals surface area contributed by atoms with Crippen molar-refractivity contribution < 1.29 is 0 Å². The molecule has 0 radical (unpaired) electrons. The highest BCUT2D eigenvalue weighted by Crippen LogP contribution is 2.15. The first-order valence-corrected chi connectivity index (χ1v) is 6.70. The minimum Gasteiger partial charge on any atom is -0.346 e. The molecular formula is C10H13N3S2. The van der Waals surface area contributed by atoms with Crippen molar-refractivity contribution in [3.63, 3.8) is 0 Å². The second-order valence-corrected chi connectivity index (χ2v) is 4.60. The average Bonchev–Trinajstić information content (AvgIpc) is 2.75. The van der Waals surface area contributed by atoms with Crippen LogP contribution in [0, 0.1) is 11.5 Å². The summed E-state index contributed by atoms with van der Waals surface area (Å²) in [6, 6.07) is 4.13. The quantitative estimate of drug-likeness (QED) is 0.462. The summed E-state index contributed by atoms with van der Waals surface area (Å²) in [6.45, 7) is 3.76. The number of thiophene rings is 1. The van der Waals surface area contributed by atoms with E-state index in [1.54, 1.807) is 11.3 Å². The van der Waals surface area contributed by atoms with E-state index in [2.05, 4.69) is 28.3 Å². The van der Waals surface area contributed by atoms with Gasteiger partial charge >= 0.3 is 0 Å². The highest BCUT2D eigenvalue weighted by molar-refractivity contribution is 8.13. The van der Waals surface area contributed by atoms with Crippen molar-refractivity contribution in [3.8, 4) is 6.19 Å². The van der Waals surface area contributed by atoms with Gasteiger partial charge in [0.2, 0.25) is 6.19 Å². The summed E-state index contributed by atoms with van der Waals surface area (Å²) in [5.41, 5.74) is 0. The molecule has 1 heterocycles. The third-order valence-corrected chi connectivity index (χ3v) is 3.48. The van der Waals surface area contributed by atoms with Crippen molar-refractivity contribution in [3.05, 3.63) is 22.4 Å². The summed E-state index contributed by atoms with van der Waals surface area (Å²) in [4.78, 5) is 7.20. The fourth-order valence-electron chi connectivity index (χ4n) is 1.19. The standard InChI is InChI=1S/C10H13N3S2/c1-3-13(10(14-2)12-8-11)7-9-5-4-6-15-9/h4-6H,3,7H2,1-2H3. The van der Waals surface area contributed by atoms with Gasteiger partial charge in [-0.15, -0.1) is 16.3 Å². The SMILES string of the molecule is CCN(Cc1cccs1)C(=NC#N)SC. The fourth-order valence-corrected chi connectivity index (χ4v) is 2.50. The zero-order chi connectivity index (χ0) is 11.1. The third-order valence-electron chi connectivity index (χ3n) is 1.91. The Hall–Kier alpha value is -0.990. The van der Waals surface area contributed by atoms with Crippen LogP contribution in [0.25, 0.3) is 0 Å². The molecular weight excluding hydrogens is 226 g/mol. The fraction of sp³-hybridized carbons (Fsp3) is 0.400. The maximum atomic E-state index is 8.56. The first-order chi connectivity index (χ1) is 7.31. The molecule has 1 aromatic heterocycles. The molecule has 0 spiro atoms. The number of hydrogen-bond acceptors (Lipinski definition) is 4. The lowest BCUT2D eigenvalue weighted by molar-refractivity contribution is 0.448. The van der Waals surface area contributed by atoms with Gasteiger partial charge in [0, 0.05) is 11.4 Å². The van der Waals surface area contributed by atoms with E-state index in [4.69, 9.17) is 5.26 Å². The zero-order valence-corrected chi connectivity index (χ0v) is 10.4. The van der Waals surface area contributed by atoms with Gasteiger partial charge in [-0.3, -0.25) is 0 Å². The predicted molar refractivity (Wildman–Crippen MR) is 67.0 cm³/mol. The number of aliphatic imine (C=N–C) groups is 1. The van der Waals surface area contributed by atoms with Gasteiger partial charge in [-0.2, -0.15) is 5.26 Å². The largest absolute Gasteiger partial charge is 0.346 e. The van der Waals surface area contributed by atoms with Gasteiger partial charge in [-0.25, -0.2) is 0 Å². The summed E-state index contributed by atoms with van der Waals surface area (Å²) in [5, 5.41) is 11.4. The molecule has 1 rings (SSSR count). The van der Waals surface area contributed by atoms with Gasteiger partial charge in [0.1, 0.15) is 0 Å². The van der Waals surface area contributed by atoms with Crippen LogP contribution in [0.4, 0.5) is 0 Å². The van der Waals surface area contributed by atoms with E-state index < -0.39 is 0 Å². The van der Waals surface area contributed by atoms with Crippen molar-refractivity contribution >= 4 is 28.3 Å². The highest BCUT2D eigenvalue weighted by Gasteiger charge is 2.09. The molecule has 0 aliphatic heterocycles. The van der Waals surface area contributed by atoms with Crippen molar-refractivity contribution in [2.45, 2.75) is 13.5 Å². The first-order valence-electron chi connectivity index (χ1n) is 4.60. The molecule has 80 valence electrons. The summed E-state index contributed by atoms with van der Waals surface area (Å²) in [5.74, 6) is 0. The molecule has 15 heavy (non-hydrogen) atoms. The van der Waals surface area contributed by atoms with Gasteiger partial charge in [-0.05, 0) is 24.6 Å². The van der Waals surface area contributed by atoms with E-state index >= 15 is 0 Å². The Morgan fingerprint density at radius 2 is 2.53 bits per heavy atom. The maximum Gasteiger partial charge on any atom is 0.208 e. The lowest BCUT2D eigenvalue weighted by atomic mass is 10.4. The van der Waals surface area contributed by atoms with Gasteiger partial charge in [0.05, 0.1) is 6.54 Å². The zero-order valence-electron chi connectivity index (χ0n) is 8.80. The van der Waals surface area contributed by atoms with Crippen LogP contribution in [0.3, 0.4) is 0 Å². The maximum absolute atomic E-state index is 8.56. The average molecular weight is 239 g/mol. The van der Waals surface area contributed by atoms with Gasteiger partial charge in [0.25, 0.3) is 0 Å². The molecule has 0 saturated carbocycles. The lowest BCUT2D eigenvalue weighted by Gasteiger charge is -2.21. The molecule has 0 aliphatic rings. The van der Waals surface area contributed by atoms with Gasteiger partial charge in [0.15, 0.2) is 5.17 Å². The van der Waals surface area contributed by atoms with Crippen LogP contribution in [-0.2, 0) is 6.54 Å². The highest BCUT2D eigenvalue weighted by atomic mass is 32.2. The first kappa shape index (κ1) is 12.1. The molecule has 0 atom stereocenters. The Kier molecular flexibility index (Phi) is 5.22. The lowest BCUT2D eigenvalue weighted by Crippen LogP contribution is -2.27. The molecule has 0 fully saturated rings. The second kappa shape index (κ2) is 6.49. The smallest absolute Gasteiger partial charge is 0.208 e. The van der Waals surface area contributed by atoms with Gasteiger partial charge in [-0.1, -0.05) is 17.8 Å². The Bertz CT molecular complexity index is 351. The van der Waals surface area contributed by atoms with Gasteiger partial charge < -0.3 is 4.90 Å². The van der Waals surface area contributed by atoms with E-state index in [0.29, 0.717) is 0 Å². The minimum atomic E-state index is 0.786. The van der Waals surface area contributed by atoms with Crippen LogP contribution in [0.1, 0.15) is 11.8 Å². The normalized spacial score (nSPS) is 11.1. The number of rotatable bonds is 3. The second-order valence-electron chi connectivity index (χ2n) is 2.79. The summed E-state index contributed by atoms with van der Waals surface area (Å²) < 4.78 is 0. The Labute approximate surface area is 98.4 Å². The van der Waals surface area contributed by atoms with Crippen LogP contribution in [0.2, 0.25) is 0 Å². The van der Waals surface area contributed by atoms with Crippen molar-refractivity contribution in [2.75, 3.05) is 12.8 Å². The Balaban J connectivity index is 2.71. The Morgan fingerprint density at radius 1 is 1.73 bits per heavy atom. The van der Waals surface area contributed by atoms with Crippen molar-refractivity contribution in [1.29, 1.82) is 5.26 Å². The van der Waals surface area contributed by atoms with Crippen molar-refractivity contribution in [2.24, 2.45) is 4.99 Å². The van der Waals surface area contributed by atoms with Crippen molar-refractivity contribution in [1.82, 2.24) is 4.90 Å². The van der Waals surface area contributed by atoms with E-state index in [9.17, 15) is 0 Å². The van der Waals surface area contributed by atoms with Crippen LogP contribution >= 0.6 is 23.1 Å². The third kappa shape index (κ3) is 3.57. The molecule has 5 heteroatoms. The van der Waals surface area contributed by atoms with Crippen LogP contribution < -0.4 is 0 Å². The topological polar surface area (TPSA) is 39.4 Å². The summed E-state index contributed by atoms with van der Waals surface area (Å²) in [7, 11) is 0. The van der Waals surface area contributed by atoms with E-state index in [1.807, 2.05) is 18.5 Å². The van der Waals surface area contributed by atoms with E-state index in [1.165, 1.54) is 16.6 Å². The molecule has 0 unspecified atom stereocenters. The predicted octanol–water partition coefficient (Wildman–Crippen LogP) is 2.77. The van der Waals surface area contributed by atoms with Crippen LogP contribution in [0.5, 0.6) is 0 Å². The number of nitriles is 1. The minimum absolute atomic E-state index is 0.786. The summed E-state index contributed by atoms with van der Waals surface area (Å²) in [6.07, 6.45) is 3.78. The number of hydrogen-bond donors (Lipinski definition) is 0. The molecule has 3 nitrogen and oxygen atoms in total. The Morgan fingerprint density at radius 3 is 3.00 bits per heavy atom. The molecule has 0 aliphatic carbocycles. The van der Waals surface area contributed by atoms with E-state index in [-0.39, 0.29) is 0 Å². The number of thioether (sulfide) groups is 1. The van der Waals surface area contributed by atoms with Crippen LogP contribution in [-0.4, -0.2) is 22.9 Å². The molecule has 0 amide bonds. The number of amidine groups is 1. The number of nitrogens with zero attached hydrogens (tertiary/aromatic N) is 3. The molecule has 0 saturated heterocycles. The molecule has 1 aromatic rings. The summed E-state index contributed by atoms with van der Waals surface area (Å²) >= 11 is 3.23. The molecule has 0 N–H and O–H groups in total. The van der Waals surface area contributed by atoms with Crippen LogP contribution in [0.15, 0.2) is 22.5 Å². The molecule has 0 aromatic carbocycles. The van der Waals surface area contributed by atoms with E-state index in [0.717, 1.165) is 18.3 Å². The monoisotopic (exact) mass is 239 g/mol.